The van der Waals surface area contributed by atoms with Gasteiger partial charge in [0.05, 0.1) is 11.4 Å². The average molecular weight is 1110 g/mol. The Bertz CT molecular complexity index is 4710. The summed E-state index contributed by atoms with van der Waals surface area (Å²) >= 11 is 0. The Morgan fingerprint density at radius 3 is 0.965 bits per heavy atom. The Kier molecular flexibility index (Phi) is 12.6. The molecule has 0 amide bonds. The molecule has 0 fully saturated rings. The topological polar surface area (TPSA) is 32.8 Å². The number of nitrogens with zero attached hydrogens (tertiary/aromatic N) is 2. The van der Waals surface area contributed by atoms with Crippen LogP contribution < -0.4 is 9.80 Å². The lowest BCUT2D eigenvalue weighted by Gasteiger charge is -2.30. The quantitative estimate of drug-likeness (QED) is 0.137. The van der Waals surface area contributed by atoms with E-state index in [2.05, 4.69) is 330 Å². The summed E-state index contributed by atoms with van der Waals surface area (Å²) in [6.45, 7) is 13.7. The monoisotopic (exact) mass is 1110 g/mol. The summed E-state index contributed by atoms with van der Waals surface area (Å²) in [6, 6.07) is 101. The minimum Gasteiger partial charge on any atom is -0.455 e. The molecule has 0 radical (unpaired) electrons. The lowest BCUT2D eigenvalue weighted by molar-refractivity contribution is 0.590. The number of hydrogen-bond donors (Lipinski definition) is 0. The van der Waals surface area contributed by atoms with Gasteiger partial charge in [-0.1, -0.05) is 236 Å². The Morgan fingerprint density at radius 1 is 0.279 bits per heavy atom. The van der Waals surface area contributed by atoms with Gasteiger partial charge < -0.3 is 18.6 Å². The normalized spacial score (nSPS) is 12.1. The first kappa shape index (κ1) is 52.4. The van der Waals surface area contributed by atoms with Crippen LogP contribution in [0.25, 0.3) is 110 Å². The predicted octanol–water partition coefficient (Wildman–Crippen LogP) is 24.0. The fraction of sp³-hybridized carbons (Fsp3) is 0.0976. The van der Waals surface area contributed by atoms with Crippen LogP contribution in [-0.4, -0.2) is 0 Å². The van der Waals surface area contributed by atoms with Gasteiger partial charge in [-0.05, 0) is 151 Å². The molecule has 15 aromatic rings. The molecule has 0 unspecified atom stereocenters. The van der Waals surface area contributed by atoms with Crippen molar-refractivity contribution in [2.24, 2.45) is 0 Å². The maximum Gasteiger partial charge on any atom is 0.144 e. The van der Waals surface area contributed by atoms with Crippen molar-refractivity contribution in [1.29, 1.82) is 0 Å². The van der Waals surface area contributed by atoms with Crippen LogP contribution >= 0.6 is 0 Å². The highest BCUT2D eigenvalue weighted by molar-refractivity contribution is 6.31. The van der Waals surface area contributed by atoms with E-state index in [4.69, 9.17) is 8.83 Å². The van der Waals surface area contributed by atoms with E-state index in [1.807, 2.05) is 0 Å². The lowest BCUT2D eigenvalue weighted by atomic mass is 9.85. The molecule has 0 aliphatic carbocycles. The van der Waals surface area contributed by atoms with Gasteiger partial charge in [0.15, 0.2) is 0 Å². The van der Waals surface area contributed by atoms with Crippen LogP contribution in [0.2, 0.25) is 0 Å². The summed E-state index contributed by atoms with van der Waals surface area (Å²) in [5, 5.41) is 8.49. The molecule has 4 heteroatoms. The van der Waals surface area contributed by atoms with Crippen molar-refractivity contribution < 1.29 is 8.83 Å². The first-order valence-electron chi connectivity index (χ1n) is 29.9. The molecule has 0 aliphatic heterocycles. The van der Waals surface area contributed by atoms with E-state index in [0.717, 1.165) is 133 Å². The highest BCUT2D eigenvalue weighted by Gasteiger charge is 2.29. The van der Waals surface area contributed by atoms with Crippen LogP contribution in [0.1, 0.15) is 52.7 Å². The third-order valence-corrected chi connectivity index (χ3v) is 17.3. The standard InChI is InChI=1S/C82H64N2O2/c1-81(2,3)61-39-43-67(53-25-13-7-14-26-53)71(51-61)83(63-33-21-11-22-34-63)65-41-37-57-47-69-73(49-59(57)45-65)85-79-76(56-31-19-10-20-32-56)78-70-48-58-38-42-66(46-60(58)50-74(70)86-80(78)75(77(69)79)55-29-17-9-18-30-55)84(64-35-23-12-24-36-64)72-52-62(82(4,5)6)40-44-68(72)54-27-15-8-16-28-54/h7-52H,1-6H3. The second kappa shape index (κ2) is 20.7. The molecule has 0 aliphatic rings. The van der Waals surface area contributed by atoms with Crippen molar-refractivity contribution in [2.45, 2.75) is 52.4 Å². The molecule has 414 valence electrons. The van der Waals surface area contributed by atoms with Crippen LogP contribution in [-0.2, 0) is 10.8 Å². The van der Waals surface area contributed by atoms with Gasteiger partial charge >= 0.3 is 0 Å². The molecular weight excluding hydrogens is 1040 g/mol. The first-order valence-corrected chi connectivity index (χ1v) is 29.9. The van der Waals surface area contributed by atoms with E-state index >= 15 is 0 Å². The molecule has 0 atom stereocenters. The van der Waals surface area contributed by atoms with E-state index < -0.39 is 0 Å². The van der Waals surface area contributed by atoms with Gasteiger partial charge in [-0.3, -0.25) is 0 Å². The predicted molar refractivity (Wildman–Crippen MR) is 365 cm³/mol. The summed E-state index contributed by atoms with van der Waals surface area (Å²) in [4.78, 5) is 4.83. The maximum atomic E-state index is 7.46. The lowest BCUT2D eigenvalue weighted by Crippen LogP contribution is -2.15. The number of benzene rings is 13. The zero-order valence-electron chi connectivity index (χ0n) is 49.3. The molecule has 0 saturated heterocycles. The SMILES string of the molecule is CC(C)(C)c1ccc(-c2ccccc2)c(N(c2ccccc2)c2ccc3cc4c(cc3c2)oc2c(-c3ccccc3)c3c(oc5cc6cc(N(c7ccccc7)c7cc(C(C)(C)C)ccc7-c7ccccc7)ccc6cc53)c(-c3ccccc3)c24)c1. The van der Waals surface area contributed by atoms with Gasteiger partial charge in [-0.2, -0.15) is 0 Å². The minimum absolute atomic E-state index is 0.0651. The van der Waals surface area contributed by atoms with E-state index in [1.54, 1.807) is 0 Å². The number of fused-ring (bicyclic) bond motifs is 8. The van der Waals surface area contributed by atoms with Crippen LogP contribution in [0.15, 0.2) is 288 Å². The Balaban J connectivity index is 0.951. The fourth-order valence-electron chi connectivity index (χ4n) is 12.9. The van der Waals surface area contributed by atoms with Crippen LogP contribution in [0, 0.1) is 0 Å². The molecule has 0 spiro atoms. The molecule has 0 saturated carbocycles. The Hall–Kier alpha value is -10.4. The van der Waals surface area contributed by atoms with Crippen molar-refractivity contribution in [1.82, 2.24) is 0 Å². The second-order valence-corrected chi connectivity index (χ2v) is 24.9. The second-order valence-electron chi connectivity index (χ2n) is 24.9. The molecule has 86 heavy (non-hydrogen) atoms. The third kappa shape index (κ3) is 9.17. The van der Waals surface area contributed by atoms with Crippen molar-refractivity contribution in [3.8, 4) is 44.5 Å². The molecule has 15 rings (SSSR count). The summed E-state index contributed by atoms with van der Waals surface area (Å²) in [7, 11) is 0. The fourth-order valence-corrected chi connectivity index (χ4v) is 12.9. The summed E-state index contributed by atoms with van der Waals surface area (Å²) in [5.74, 6) is 0. The van der Waals surface area contributed by atoms with Crippen molar-refractivity contribution >= 4 is 99.5 Å². The first-order chi connectivity index (χ1) is 41.9. The van der Waals surface area contributed by atoms with Gasteiger partial charge in [0.1, 0.15) is 22.3 Å². The highest BCUT2D eigenvalue weighted by atomic mass is 16.3. The van der Waals surface area contributed by atoms with Crippen LogP contribution in [0.5, 0.6) is 0 Å². The number of hydrogen-bond acceptors (Lipinski definition) is 4. The van der Waals surface area contributed by atoms with Gasteiger partial charge in [0.2, 0.25) is 0 Å². The van der Waals surface area contributed by atoms with Crippen molar-refractivity contribution in [2.75, 3.05) is 9.80 Å². The summed E-state index contributed by atoms with van der Waals surface area (Å²) in [6.07, 6.45) is 0. The molecule has 13 aromatic carbocycles. The van der Waals surface area contributed by atoms with Gasteiger partial charge in [-0.15, -0.1) is 0 Å². The van der Waals surface area contributed by atoms with Crippen LogP contribution in [0.4, 0.5) is 34.1 Å². The zero-order valence-corrected chi connectivity index (χ0v) is 49.3. The number of rotatable bonds is 10. The summed E-state index contributed by atoms with van der Waals surface area (Å²) < 4.78 is 14.9. The molecular formula is C82H64N2O2. The number of para-hydroxylation sites is 2. The average Bonchev–Trinajstić information content (AvgIpc) is 1.57. The smallest absolute Gasteiger partial charge is 0.144 e. The van der Waals surface area contributed by atoms with E-state index in [-0.39, 0.29) is 10.8 Å². The molecule has 0 bridgehead atoms. The highest BCUT2D eigenvalue weighted by Crippen LogP contribution is 2.53. The largest absolute Gasteiger partial charge is 0.455 e. The van der Waals surface area contributed by atoms with E-state index in [1.165, 1.54) is 22.3 Å². The van der Waals surface area contributed by atoms with Gasteiger partial charge in [-0.25, -0.2) is 0 Å². The zero-order chi connectivity index (χ0) is 58.3. The maximum absolute atomic E-state index is 7.46. The Labute approximate surface area is 502 Å². The van der Waals surface area contributed by atoms with Crippen molar-refractivity contribution in [3.63, 3.8) is 0 Å². The Morgan fingerprint density at radius 2 is 0.616 bits per heavy atom. The van der Waals surface area contributed by atoms with Crippen molar-refractivity contribution in [3.05, 3.63) is 290 Å². The van der Waals surface area contributed by atoms with Gasteiger partial charge in [0.25, 0.3) is 0 Å². The molecule has 4 nitrogen and oxygen atoms in total. The molecule has 2 aromatic heterocycles. The minimum atomic E-state index is -0.0651. The van der Waals surface area contributed by atoms with E-state index in [0.29, 0.717) is 0 Å². The van der Waals surface area contributed by atoms with Gasteiger partial charge in [0, 0.05) is 66.5 Å². The summed E-state index contributed by atoms with van der Waals surface area (Å²) in [5.41, 5.74) is 21.0. The molecule has 0 N–H and O–H groups in total. The van der Waals surface area contributed by atoms with E-state index in [9.17, 15) is 0 Å². The number of furan rings is 2. The molecule has 2 heterocycles. The third-order valence-electron chi connectivity index (χ3n) is 17.3. The number of anilines is 6. The van der Waals surface area contributed by atoms with Crippen LogP contribution in [0.3, 0.4) is 0 Å².